The van der Waals surface area contributed by atoms with Crippen LogP contribution in [0.3, 0.4) is 0 Å². The van der Waals surface area contributed by atoms with Crippen LogP contribution >= 0.6 is 0 Å². The molecule has 1 unspecified atom stereocenters. The van der Waals surface area contributed by atoms with Crippen molar-refractivity contribution in [3.05, 3.63) is 30.1 Å². The monoisotopic (exact) mass is 234 g/mol. The Hall–Kier alpha value is -1.91. The third-order valence-corrected chi connectivity index (χ3v) is 2.98. The van der Waals surface area contributed by atoms with Gasteiger partial charge in [-0.05, 0) is 24.5 Å². The van der Waals surface area contributed by atoms with Crippen molar-refractivity contribution in [2.45, 2.75) is 25.3 Å². The van der Waals surface area contributed by atoms with Gasteiger partial charge in [0, 0.05) is 25.4 Å². The second-order valence-corrected chi connectivity index (χ2v) is 4.09. The maximum absolute atomic E-state index is 11.6. The summed E-state index contributed by atoms with van der Waals surface area (Å²) in [5.41, 5.74) is 1.01. The molecule has 1 amide bonds. The molecule has 0 aliphatic carbocycles. The molecule has 1 aliphatic heterocycles. The van der Waals surface area contributed by atoms with Gasteiger partial charge in [0.25, 0.3) is 0 Å². The van der Waals surface area contributed by atoms with E-state index in [2.05, 4.69) is 4.98 Å². The second-order valence-electron chi connectivity index (χ2n) is 4.09. The molecule has 5 heteroatoms. The molecule has 1 aromatic heterocycles. The number of carboxylic acids is 1. The van der Waals surface area contributed by atoms with Crippen LogP contribution in [0, 0.1) is 0 Å². The summed E-state index contributed by atoms with van der Waals surface area (Å²) in [5, 5.41) is 8.99. The van der Waals surface area contributed by atoms with Crippen LogP contribution in [0.4, 0.5) is 0 Å². The van der Waals surface area contributed by atoms with E-state index in [1.165, 1.54) is 4.90 Å². The maximum atomic E-state index is 11.6. The van der Waals surface area contributed by atoms with Gasteiger partial charge in [-0.2, -0.15) is 0 Å². The fourth-order valence-electron chi connectivity index (χ4n) is 2.07. The van der Waals surface area contributed by atoms with Gasteiger partial charge in [0.05, 0.1) is 0 Å². The topological polar surface area (TPSA) is 70.5 Å². The fourth-order valence-corrected chi connectivity index (χ4v) is 2.07. The molecule has 1 atom stereocenters. The van der Waals surface area contributed by atoms with E-state index in [1.54, 1.807) is 12.4 Å². The van der Waals surface area contributed by atoms with Gasteiger partial charge in [-0.3, -0.25) is 9.78 Å². The van der Waals surface area contributed by atoms with Gasteiger partial charge in [-0.1, -0.05) is 6.07 Å². The zero-order chi connectivity index (χ0) is 12.3. The predicted molar refractivity (Wildman–Crippen MR) is 60.3 cm³/mol. The maximum Gasteiger partial charge on any atom is 0.326 e. The van der Waals surface area contributed by atoms with Crippen LogP contribution in [0.25, 0.3) is 0 Å². The average molecular weight is 234 g/mol. The number of carbonyl (C=O) groups is 2. The Balaban J connectivity index is 1.98. The molecule has 0 spiro atoms. The van der Waals surface area contributed by atoms with E-state index in [0.29, 0.717) is 25.8 Å². The van der Waals surface area contributed by atoms with Crippen LogP contribution in [0.5, 0.6) is 0 Å². The van der Waals surface area contributed by atoms with Crippen molar-refractivity contribution in [1.82, 2.24) is 9.88 Å². The van der Waals surface area contributed by atoms with Crippen molar-refractivity contribution in [3.8, 4) is 0 Å². The fraction of sp³-hybridized carbons (Fsp3) is 0.417. The lowest BCUT2D eigenvalue weighted by molar-refractivity contribution is -0.146. The Morgan fingerprint density at radius 2 is 2.41 bits per heavy atom. The van der Waals surface area contributed by atoms with E-state index in [-0.39, 0.29) is 5.91 Å². The minimum Gasteiger partial charge on any atom is -0.480 e. The van der Waals surface area contributed by atoms with Crippen molar-refractivity contribution < 1.29 is 14.7 Å². The normalized spacial score (nSPS) is 19.6. The third kappa shape index (κ3) is 2.61. The zero-order valence-electron chi connectivity index (χ0n) is 9.37. The van der Waals surface area contributed by atoms with Crippen LogP contribution in [0.1, 0.15) is 18.4 Å². The van der Waals surface area contributed by atoms with Gasteiger partial charge in [0.2, 0.25) is 5.91 Å². The first kappa shape index (κ1) is 11.6. The summed E-state index contributed by atoms with van der Waals surface area (Å²) >= 11 is 0. The van der Waals surface area contributed by atoms with Crippen LogP contribution in [0.2, 0.25) is 0 Å². The highest BCUT2D eigenvalue weighted by atomic mass is 16.4. The van der Waals surface area contributed by atoms with E-state index in [4.69, 9.17) is 5.11 Å². The number of amides is 1. The summed E-state index contributed by atoms with van der Waals surface area (Å²) < 4.78 is 0. The van der Waals surface area contributed by atoms with E-state index < -0.39 is 12.0 Å². The number of carbonyl (C=O) groups excluding carboxylic acids is 1. The molecule has 2 heterocycles. The summed E-state index contributed by atoms with van der Waals surface area (Å²) in [4.78, 5) is 28.0. The zero-order valence-corrected chi connectivity index (χ0v) is 9.37. The predicted octanol–water partition coefficient (Wildman–Crippen LogP) is 0.700. The molecule has 5 nitrogen and oxygen atoms in total. The first-order valence-corrected chi connectivity index (χ1v) is 5.59. The first-order chi connectivity index (χ1) is 8.18. The molecule has 0 radical (unpaired) electrons. The lowest BCUT2D eigenvalue weighted by Crippen LogP contribution is -2.39. The van der Waals surface area contributed by atoms with Gasteiger partial charge in [-0.15, -0.1) is 0 Å². The summed E-state index contributed by atoms with van der Waals surface area (Å²) in [6.07, 6.45) is 4.81. The summed E-state index contributed by atoms with van der Waals surface area (Å²) in [6, 6.07) is 3.10. The number of carboxylic acid groups (broad SMARTS) is 1. The molecule has 1 aliphatic rings. The molecule has 0 saturated carbocycles. The number of aliphatic carboxylic acids is 1. The molecular formula is C12H14N2O3. The number of hydrogen-bond donors (Lipinski definition) is 1. The lowest BCUT2D eigenvalue weighted by atomic mass is 10.2. The summed E-state index contributed by atoms with van der Waals surface area (Å²) in [5.74, 6) is -0.983. The second kappa shape index (κ2) is 4.95. The van der Waals surface area contributed by atoms with Gasteiger partial charge in [-0.25, -0.2) is 4.79 Å². The van der Waals surface area contributed by atoms with Crippen LogP contribution in [0.15, 0.2) is 24.5 Å². The Morgan fingerprint density at radius 1 is 1.59 bits per heavy atom. The van der Waals surface area contributed by atoms with Crippen molar-refractivity contribution in [3.63, 3.8) is 0 Å². The summed E-state index contributed by atoms with van der Waals surface area (Å²) in [6.45, 7) is 0.446. The van der Waals surface area contributed by atoms with Crippen molar-refractivity contribution in [2.24, 2.45) is 0 Å². The molecule has 1 aromatic rings. The van der Waals surface area contributed by atoms with Crippen LogP contribution in [-0.2, 0) is 16.0 Å². The van der Waals surface area contributed by atoms with Gasteiger partial charge in [0.15, 0.2) is 0 Å². The highest BCUT2D eigenvalue weighted by Gasteiger charge is 2.35. The molecule has 90 valence electrons. The number of rotatable bonds is 4. The molecule has 0 aromatic carbocycles. The molecule has 1 fully saturated rings. The number of likely N-dealkylation sites (tertiary alicyclic amines) is 1. The quantitative estimate of drug-likeness (QED) is 0.832. The highest BCUT2D eigenvalue weighted by molar-refractivity contribution is 5.87. The number of nitrogens with zero attached hydrogens (tertiary/aromatic N) is 2. The average Bonchev–Trinajstić information content (AvgIpc) is 2.69. The number of aromatic nitrogens is 1. The molecule has 2 rings (SSSR count). The molecular weight excluding hydrogens is 220 g/mol. The van der Waals surface area contributed by atoms with Crippen LogP contribution < -0.4 is 0 Å². The standard InChI is InChI=1S/C12H14N2O3/c15-11-4-3-10(12(16)17)14(11)7-5-9-2-1-6-13-8-9/h1-2,6,8,10H,3-5,7H2,(H,16,17). The minimum atomic E-state index is -0.915. The van der Waals surface area contributed by atoms with Gasteiger partial charge >= 0.3 is 5.97 Å². The van der Waals surface area contributed by atoms with E-state index in [9.17, 15) is 9.59 Å². The van der Waals surface area contributed by atoms with Crippen molar-refractivity contribution in [1.29, 1.82) is 0 Å². The van der Waals surface area contributed by atoms with E-state index in [1.807, 2.05) is 12.1 Å². The van der Waals surface area contributed by atoms with E-state index in [0.717, 1.165) is 5.56 Å². The largest absolute Gasteiger partial charge is 0.480 e. The lowest BCUT2D eigenvalue weighted by Gasteiger charge is -2.21. The molecule has 17 heavy (non-hydrogen) atoms. The smallest absolute Gasteiger partial charge is 0.326 e. The Labute approximate surface area is 99.1 Å². The molecule has 1 saturated heterocycles. The molecule has 1 N–H and O–H groups in total. The van der Waals surface area contributed by atoms with Gasteiger partial charge < -0.3 is 10.0 Å². The van der Waals surface area contributed by atoms with E-state index >= 15 is 0 Å². The van der Waals surface area contributed by atoms with Gasteiger partial charge in [0.1, 0.15) is 6.04 Å². The minimum absolute atomic E-state index is 0.0682. The summed E-state index contributed by atoms with van der Waals surface area (Å²) in [7, 11) is 0. The number of hydrogen-bond acceptors (Lipinski definition) is 3. The van der Waals surface area contributed by atoms with Crippen molar-refractivity contribution in [2.75, 3.05) is 6.54 Å². The Kier molecular flexibility index (Phi) is 3.37. The SMILES string of the molecule is O=C(O)C1CCC(=O)N1CCc1cccnc1. The third-order valence-electron chi connectivity index (χ3n) is 2.98. The molecule has 0 bridgehead atoms. The van der Waals surface area contributed by atoms with Crippen molar-refractivity contribution >= 4 is 11.9 Å². The van der Waals surface area contributed by atoms with Crippen LogP contribution in [-0.4, -0.2) is 39.5 Å². The Bertz CT molecular complexity index is 419. The Morgan fingerprint density at radius 3 is 3.06 bits per heavy atom. The highest BCUT2D eigenvalue weighted by Crippen LogP contribution is 2.19. The first-order valence-electron chi connectivity index (χ1n) is 5.59. The number of pyridine rings is 1.